The van der Waals surface area contributed by atoms with Crippen molar-refractivity contribution in [1.29, 1.82) is 5.41 Å². The predicted molar refractivity (Wildman–Crippen MR) is 128 cm³/mol. The van der Waals surface area contributed by atoms with Gasteiger partial charge in [0.1, 0.15) is 18.2 Å². The predicted octanol–water partition coefficient (Wildman–Crippen LogP) is 4.56. The van der Waals surface area contributed by atoms with Gasteiger partial charge in [0, 0.05) is 12.7 Å². The van der Waals surface area contributed by atoms with Gasteiger partial charge in [0.05, 0.1) is 11.8 Å². The van der Waals surface area contributed by atoms with E-state index in [1.807, 2.05) is 56.3 Å². The molecule has 3 rings (SSSR count). The summed E-state index contributed by atoms with van der Waals surface area (Å²) in [4.78, 5) is 29.3. The molecule has 2 heterocycles. The van der Waals surface area contributed by atoms with Gasteiger partial charge in [-0.05, 0) is 56.3 Å². The molecule has 2 amide bonds. The highest BCUT2D eigenvalue weighted by Gasteiger charge is 2.31. The molecule has 2 N–H and O–H groups in total. The Balaban J connectivity index is 0.000000884. The zero-order valence-electron chi connectivity index (χ0n) is 18.6. The lowest BCUT2D eigenvalue weighted by molar-refractivity contribution is -0.118. The number of aromatic nitrogens is 1. The monoisotopic (exact) mass is 444 g/mol. The highest BCUT2D eigenvalue weighted by Crippen LogP contribution is 2.23. The summed E-state index contributed by atoms with van der Waals surface area (Å²) in [6.07, 6.45) is 3.57. The van der Waals surface area contributed by atoms with Crippen LogP contribution in [0.25, 0.3) is 0 Å². The van der Waals surface area contributed by atoms with Gasteiger partial charge in [0.25, 0.3) is 5.24 Å². The first-order chi connectivity index (χ1) is 15.1. The van der Waals surface area contributed by atoms with E-state index in [-0.39, 0.29) is 16.4 Å². The van der Waals surface area contributed by atoms with Crippen LogP contribution >= 0.6 is 11.8 Å². The van der Waals surface area contributed by atoms with Crippen molar-refractivity contribution >= 4 is 34.9 Å². The molecule has 31 heavy (non-hydrogen) atoms. The van der Waals surface area contributed by atoms with E-state index < -0.39 is 0 Å². The van der Waals surface area contributed by atoms with Crippen molar-refractivity contribution in [1.82, 2.24) is 10.3 Å². The van der Waals surface area contributed by atoms with Crippen molar-refractivity contribution in [3.8, 4) is 5.75 Å². The number of amides is 2. The average molecular weight is 445 g/mol. The quantitative estimate of drug-likeness (QED) is 0.580. The Labute approximate surface area is 189 Å². The second kappa shape index (κ2) is 15.0. The Morgan fingerprint density at radius 2 is 1.87 bits per heavy atom. The van der Waals surface area contributed by atoms with Gasteiger partial charge in [-0.1, -0.05) is 43.8 Å². The van der Waals surface area contributed by atoms with Gasteiger partial charge in [-0.3, -0.25) is 14.9 Å². The maximum Gasteiger partial charge on any atom is 0.286 e. The third kappa shape index (κ3) is 9.21. The molecule has 0 saturated carbocycles. The molecule has 0 radical (unpaired) electrons. The number of likely N-dealkylation sites (N-methyl/N-ethyl adjacent to an activating group) is 1. The number of pyridine rings is 1. The molecule has 8 heteroatoms. The van der Waals surface area contributed by atoms with Crippen LogP contribution < -0.4 is 15.0 Å². The molecule has 1 aromatic carbocycles. The fourth-order valence-corrected chi connectivity index (χ4v) is 3.57. The number of nitrogens with one attached hydrogen (secondary N) is 2. The summed E-state index contributed by atoms with van der Waals surface area (Å²) in [7, 11) is 0. The molecule has 168 valence electrons. The average Bonchev–Trinajstić information content (AvgIpc) is 3.11. The fourth-order valence-electron chi connectivity index (χ4n) is 2.71. The van der Waals surface area contributed by atoms with E-state index in [2.05, 4.69) is 22.1 Å². The van der Waals surface area contributed by atoms with Gasteiger partial charge in [0.15, 0.2) is 0 Å². The van der Waals surface area contributed by atoms with E-state index in [1.54, 1.807) is 13.1 Å². The largest absolute Gasteiger partial charge is 0.492 e. The molecule has 0 aliphatic carbocycles. The van der Waals surface area contributed by atoms with Crippen molar-refractivity contribution in [2.45, 2.75) is 39.4 Å². The molecule has 1 aliphatic rings. The minimum atomic E-state index is -0.342. The standard InChI is InChI=1S/C19H21N3O3S.C2H5N.C2H6/c1-2-22(17-5-3-4-10-20-17)11-12-25-15-8-6-14(7-9-15)13-16-18(23)21-19(24)26-16;1-2-3;1-2/h3-10,16H,2,11-13H2,1H3,(H,21,23,24);2-3H,1H3;1-2H3. The number of carbonyl (C=O) groups excluding carboxylic acids is 2. The smallest absolute Gasteiger partial charge is 0.286 e. The second-order valence-corrected chi connectivity index (χ2v) is 7.31. The molecule has 0 spiro atoms. The van der Waals surface area contributed by atoms with E-state index in [4.69, 9.17) is 10.1 Å². The Bertz CT molecular complexity index is 800. The van der Waals surface area contributed by atoms with Gasteiger partial charge in [-0.25, -0.2) is 4.98 Å². The second-order valence-electron chi connectivity index (χ2n) is 6.14. The van der Waals surface area contributed by atoms with E-state index in [0.29, 0.717) is 13.0 Å². The van der Waals surface area contributed by atoms with Crippen molar-refractivity contribution in [3.63, 3.8) is 0 Å². The molecule has 2 aromatic rings. The first kappa shape index (κ1) is 26.2. The van der Waals surface area contributed by atoms with Crippen LogP contribution in [-0.4, -0.2) is 47.3 Å². The third-order valence-electron chi connectivity index (χ3n) is 4.10. The normalized spacial score (nSPS) is 14.4. The minimum Gasteiger partial charge on any atom is -0.492 e. The number of nitrogens with zero attached hydrogens (tertiary/aromatic N) is 2. The number of ether oxygens (including phenoxy) is 1. The Kier molecular flexibility index (Phi) is 12.7. The summed E-state index contributed by atoms with van der Waals surface area (Å²) in [5, 5.41) is 7.78. The molecule has 7 nitrogen and oxygen atoms in total. The van der Waals surface area contributed by atoms with E-state index in [0.717, 1.165) is 42.0 Å². The number of thioether (sulfide) groups is 1. The fraction of sp³-hybridized carbons (Fsp3) is 0.391. The highest BCUT2D eigenvalue weighted by atomic mass is 32.2. The summed E-state index contributed by atoms with van der Waals surface area (Å²) in [6.45, 7) is 9.92. The van der Waals surface area contributed by atoms with Gasteiger partial charge >= 0.3 is 0 Å². The summed E-state index contributed by atoms with van der Waals surface area (Å²) in [5.74, 6) is 1.51. The molecule has 0 bridgehead atoms. The highest BCUT2D eigenvalue weighted by molar-refractivity contribution is 8.15. The van der Waals surface area contributed by atoms with E-state index in [1.165, 1.54) is 6.21 Å². The molecule has 1 aromatic heterocycles. The molecule has 1 unspecified atom stereocenters. The SMILES string of the molecule is CC.CC=N.CCN(CCOc1ccc(CC2SC(=O)NC2=O)cc1)c1ccccn1. The van der Waals surface area contributed by atoms with Crippen LogP contribution in [0.2, 0.25) is 0 Å². The van der Waals surface area contributed by atoms with Gasteiger partial charge in [0.2, 0.25) is 5.91 Å². The maximum atomic E-state index is 11.6. The Hall–Kier alpha value is -2.87. The van der Waals surface area contributed by atoms with Crippen LogP contribution in [0.4, 0.5) is 10.6 Å². The summed E-state index contributed by atoms with van der Waals surface area (Å²) >= 11 is 1.05. The van der Waals surface area contributed by atoms with Gasteiger partial charge < -0.3 is 15.0 Å². The van der Waals surface area contributed by atoms with Crippen LogP contribution in [0.3, 0.4) is 0 Å². The Morgan fingerprint density at radius 1 is 1.19 bits per heavy atom. The van der Waals surface area contributed by atoms with Crippen molar-refractivity contribution < 1.29 is 14.3 Å². The number of rotatable bonds is 8. The molecule has 1 fully saturated rings. The molecule has 1 saturated heterocycles. The van der Waals surface area contributed by atoms with Crippen molar-refractivity contribution in [2.24, 2.45) is 0 Å². The topological polar surface area (TPSA) is 95.4 Å². The number of hydrogen-bond acceptors (Lipinski definition) is 7. The Morgan fingerprint density at radius 3 is 2.39 bits per heavy atom. The summed E-state index contributed by atoms with van der Waals surface area (Å²) in [5.41, 5.74) is 1.00. The van der Waals surface area contributed by atoms with Gasteiger partial charge in [-0.2, -0.15) is 0 Å². The van der Waals surface area contributed by atoms with Crippen LogP contribution in [0.15, 0.2) is 48.7 Å². The van der Waals surface area contributed by atoms with Crippen LogP contribution in [0.1, 0.15) is 33.3 Å². The molecule has 1 atom stereocenters. The number of carbonyl (C=O) groups is 2. The van der Waals surface area contributed by atoms with Crippen LogP contribution in [-0.2, 0) is 11.2 Å². The van der Waals surface area contributed by atoms with Gasteiger partial charge in [-0.15, -0.1) is 0 Å². The third-order valence-corrected chi connectivity index (χ3v) is 5.08. The minimum absolute atomic E-state index is 0.213. The lowest BCUT2D eigenvalue weighted by Gasteiger charge is -2.21. The number of benzene rings is 1. The number of imide groups is 1. The molecular formula is C23H32N4O3S. The van der Waals surface area contributed by atoms with Crippen LogP contribution in [0, 0.1) is 5.41 Å². The van der Waals surface area contributed by atoms with Crippen molar-refractivity contribution in [2.75, 3.05) is 24.6 Å². The van der Waals surface area contributed by atoms with Crippen molar-refractivity contribution in [3.05, 3.63) is 54.2 Å². The molecule has 1 aliphatic heterocycles. The van der Waals surface area contributed by atoms with E-state index >= 15 is 0 Å². The zero-order chi connectivity index (χ0) is 23.1. The number of hydrogen-bond donors (Lipinski definition) is 2. The maximum absolute atomic E-state index is 11.6. The summed E-state index contributed by atoms with van der Waals surface area (Å²) < 4.78 is 5.81. The number of anilines is 1. The first-order valence-corrected chi connectivity index (χ1v) is 11.3. The first-order valence-electron chi connectivity index (χ1n) is 10.4. The molecular weight excluding hydrogens is 412 g/mol. The van der Waals surface area contributed by atoms with E-state index in [9.17, 15) is 9.59 Å². The summed E-state index contributed by atoms with van der Waals surface area (Å²) in [6, 6.07) is 13.5. The zero-order valence-corrected chi connectivity index (χ0v) is 19.4. The lowest BCUT2D eigenvalue weighted by Crippen LogP contribution is -2.28. The lowest BCUT2D eigenvalue weighted by atomic mass is 10.1. The van der Waals surface area contributed by atoms with Crippen LogP contribution in [0.5, 0.6) is 5.75 Å².